The molecule has 0 saturated carbocycles. The summed E-state index contributed by atoms with van der Waals surface area (Å²) in [7, 11) is 0. The van der Waals surface area contributed by atoms with Gasteiger partial charge in [0.05, 0.1) is 15.5 Å². The average molecular weight is 402 g/mol. The van der Waals surface area contributed by atoms with Crippen LogP contribution in [0.4, 0.5) is 9.18 Å². The molecule has 0 N–H and O–H groups in total. The number of hydrogen-bond acceptors (Lipinski definition) is 5. The third-order valence-electron chi connectivity index (χ3n) is 2.77. The van der Waals surface area contributed by atoms with Gasteiger partial charge >= 0.3 is 5.97 Å². The van der Waals surface area contributed by atoms with Crippen LogP contribution in [0.1, 0.15) is 19.4 Å². The molecule has 2 amide bonds. The SMILES string of the molecule is CC(C)OC(=O)CN1C(=O)S/C(=C/c2ccc(F)c(Br)c2)C1=O. The maximum Gasteiger partial charge on any atom is 0.326 e. The van der Waals surface area contributed by atoms with Gasteiger partial charge in [-0.25, -0.2) is 4.39 Å². The number of thioether (sulfide) groups is 1. The third kappa shape index (κ3) is 4.42. The topological polar surface area (TPSA) is 63.7 Å². The Bertz CT molecular complexity index is 705. The number of halogens is 2. The molecule has 8 heteroatoms. The maximum atomic E-state index is 13.2. The van der Waals surface area contributed by atoms with Crippen molar-refractivity contribution in [1.82, 2.24) is 4.90 Å². The highest BCUT2D eigenvalue weighted by atomic mass is 79.9. The molecule has 1 saturated heterocycles. The third-order valence-corrected chi connectivity index (χ3v) is 4.28. The Morgan fingerprint density at radius 3 is 2.74 bits per heavy atom. The average Bonchev–Trinajstić information content (AvgIpc) is 2.70. The zero-order valence-electron chi connectivity index (χ0n) is 12.3. The van der Waals surface area contributed by atoms with E-state index in [0.717, 1.165) is 16.7 Å². The summed E-state index contributed by atoms with van der Waals surface area (Å²) in [5.74, 6) is -1.64. The molecular formula is C15H13BrFNO4S. The van der Waals surface area contributed by atoms with E-state index in [0.29, 0.717) is 5.56 Å². The molecule has 1 aliphatic heterocycles. The van der Waals surface area contributed by atoms with Crippen LogP contribution in [0.25, 0.3) is 6.08 Å². The predicted molar refractivity (Wildman–Crippen MR) is 88.0 cm³/mol. The summed E-state index contributed by atoms with van der Waals surface area (Å²) in [6.45, 7) is 2.93. The number of nitrogens with zero attached hydrogens (tertiary/aromatic N) is 1. The molecule has 0 aliphatic carbocycles. The van der Waals surface area contributed by atoms with Crippen molar-refractivity contribution in [2.45, 2.75) is 20.0 Å². The predicted octanol–water partition coefficient (Wildman–Crippen LogP) is 3.58. The van der Waals surface area contributed by atoms with Gasteiger partial charge < -0.3 is 4.74 Å². The Labute approximate surface area is 145 Å². The monoisotopic (exact) mass is 401 g/mol. The van der Waals surface area contributed by atoms with Gasteiger partial charge in [-0.2, -0.15) is 0 Å². The van der Waals surface area contributed by atoms with E-state index in [9.17, 15) is 18.8 Å². The zero-order valence-corrected chi connectivity index (χ0v) is 14.7. The van der Waals surface area contributed by atoms with E-state index in [1.54, 1.807) is 13.8 Å². The van der Waals surface area contributed by atoms with Gasteiger partial charge in [0.1, 0.15) is 12.4 Å². The molecule has 0 radical (unpaired) electrons. The first-order valence-electron chi connectivity index (χ1n) is 6.68. The van der Waals surface area contributed by atoms with Crippen LogP contribution in [0.2, 0.25) is 0 Å². The van der Waals surface area contributed by atoms with E-state index in [1.807, 2.05) is 0 Å². The lowest BCUT2D eigenvalue weighted by atomic mass is 10.2. The van der Waals surface area contributed by atoms with Gasteiger partial charge in [-0.1, -0.05) is 6.07 Å². The Morgan fingerprint density at radius 2 is 2.13 bits per heavy atom. The van der Waals surface area contributed by atoms with Gasteiger partial charge in [0.2, 0.25) is 0 Å². The van der Waals surface area contributed by atoms with Crippen LogP contribution in [0.3, 0.4) is 0 Å². The maximum absolute atomic E-state index is 13.2. The molecule has 0 aromatic heterocycles. The molecule has 2 rings (SSSR count). The molecule has 23 heavy (non-hydrogen) atoms. The second-order valence-corrected chi connectivity index (χ2v) is 6.83. The van der Waals surface area contributed by atoms with Crippen molar-refractivity contribution in [3.05, 3.63) is 39.0 Å². The van der Waals surface area contributed by atoms with Gasteiger partial charge in [-0.15, -0.1) is 0 Å². The number of benzene rings is 1. The number of rotatable bonds is 4. The number of imide groups is 1. The molecule has 0 spiro atoms. The summed E-state index contributed by atoms with van der Waals surface area (Å²) < 4.78 is 18.4. The first-order chi connectivity index (χ1) is 10.8. The Kier molecular flexibility index (Phi) is 5.59. The number of amides is 2. The first-order valence-corrected chi connectivity index (χ1v) is 8.28. The van der Waals surface area contributed by atoms with Crippen LogP contribution >= 0.6 is 27.7 Å². The van der Waals surface area contributed by atoms with Crippen LogP contribution in [-0.4, -0.2) is 34.7 Å². The van der Waals surface area contributed by atoms with E-state index in [-0.39, 0.29) is 15.5 Å². The lowest BCUT2D eigenvalue weighted by molar-refractivity contribution is -0.149. The molecule has 1 aliphatic rings. The van der Waals surface area contributed by atoms with E-state index < -0.39 is 29.5 Å². The summed E-state index contributed by atoms with van der Waals surface area (Å²) in [4.78, 5) is 36.7. The van der Waals surface area contributed by atoms with E-state index >= 15 is 0 Å². The fourth-order valence-electron chi connectivity index (χ4n) is 1.82. The standard InChI is InChI=1S/C15H13BrFNO4S/c1-8(2)22-13(19)7-18-14(20)12(23-15(18)21)6-9-3-4-11(17)10(16)5-9/h3-6,8H,7H2,1-2H3/b12-6+. The van der Waals surface area contributed by atoms with Crippen molar-refractivity contribution in [2.75, 3.05) is 6.54 Å². The summed E-state index contributed by atoms with van der Waals surface area (Å²) >= 11 is 3.78. The normalized spacial score (nSPS) is 16.6. The Balaban J connectivity index is 2.15. The minimum absolute atomic E-state index is 0.172. The summed E-state index contributed by atoms with van der Waals surface area (Å²) in [5.41, 5.74) is 0.563. The quantitative estimate of drug-likeness (QED) is 0.569. The molecule has 5 nitrogen and oxygen atoms in total. The van der Waals surface area contributed by atoms with Gasteiger partial charge in [0.15, 0.2) is 0 Å². The van der Waals surface area contributed by atoms with Crippen molar-refractivity contribution in [3.63, 3.8) is 0 Å². The second-order valence-electron chi connectivity index (χ2n) is 4.98. The minimum atomic E-state index is -0.645. The Hall–Kier alpha value is -1.67. The van der Waals surface area contributed by atoms with Crippen LogP contribution in [0.5, 0.6) is 0 Å². The highest BCUT2D eigenvalue weighted by Crippen LogP contribution is 2.32. The fraction of sp³-hybridized carbons (Fsp3) is 0.267. The molecule has 1 aromatic rings. The number of hydrogen-bond donors (Lipinski definition) is 0. The van der Waals surface area contributed by atoms with Crippen molar-refractivity contribution in [3.8, 4) is 0 Å². The second kappa shape index (κ2) is 7.27. The molecule has 122 valence electrons. The van der Waals surface area contributed by atoms with Gasteiger partial charge in [0, 0.05) is 0 Å². The van der Waals surface area contributed by atoms with E-state index in [1.165, 1.54) is 24.3 Å². The van der Waals surface area contributed by atoms with Gasteiger partial charge in [0.25, 0.3) is 11.1 Å². The van der Waals surface area contributed by atoms with Crippen molar-refractivity contribution in [2.24, 2.45) is 0 Å². The molecule has 0 atom stereocenters. The number of esters is 1. The smallest absolute Gasteiger partial charge is 0.326 e. The molecule has 0 bridgehead atoms. The van der Waals surface area contributed by atoms with Crippen LogP contribution in [0, 0.1) is 5.82 Å². The number of ether oxygens (including phenoxy) is 1. The summed E-state index contributed by atoms with van der Waals surface area (Å²) in [6, 6.07) is 4.23. The van der Waals surface area contributed by atoms with Gasteiger partial charge in [-0.05, 0) is 65.3 Å². The first kappa shape index (κ1) is 17.7. The molecule has 1 heterocycles. The van der Waals surface area contributed by atoms with Gasteiger partial charge in [-0.3, -0.25) is 19.3 Å². The number of carbonyl (C=O) groups excluding carboxylic acids is 3. The molecule has 1 fully saturated rings. The van der Waals surface area contributed by atoms with Crippen LogP contribution in [-0.2, 0) is 14.3 Å². The summed E-state index contributed by atoms with van der Waals surface area (Å²) in [5, 5.41) is -0.539. The highest BCUT2D eigenvalue weighted by Gasteiger charge is 2.36. The highest BCUT2D eigenvalue weighted by molar-refractivity contribution is 9.10. The molecule has 1 aromatic carbocycles. The number of carbonyl (C=O) groups is 3. The minimum Gasteiger partial charge on any atom is -0.462 e. The lowest BCUT2D eigenvalue weighted by Gasteiger charge is -2.13. The van der Waals surface area contributed by atoms with Crippen molar-refractivity contribution in [1.29, 1.82) is 0 Å². The van der Waals surface area contributed by atoms with E-state index in [2.05, 4.69) is 15.9 Å². The summed E-state index contributed by atoms with van der Waals surface area (Å²) in [6.07, 6.45) is 1.15. The zero-order chi connectivity index (χ0) is 17.1. The largest absolute Gasteiger partial charge is 0.462 e. The van der Waals surface area contributed by atoms with Crippen LogP contribution < -0.4 is 0 Å². The Morgan fingerprint density at radius 1 is 1.43 bits per heavy atom. The molecule has 0 unspecified atom stereocenters. The fourth-order valence-corrected chi connectivity index (χ4v) is 3.05. The van der Waals surface area contributed by atoms with Crippen molar-refractivity contribution >= 4 is 50.9 Å². The van der Waals surface area contributed by atoms with Crippen LogP contribution in [0.15, 0.2) is 27.6 Å². The molecular weight excluding hydrogens is 389 g/mol. The lowest BCUT2D eigenvalue weighted by Crippen LogP contribution is -2.35. The van der Waals surface area contributed by atoms with Crippen molar-refractivity contribution < 1.29 is 23.5 Å². The van der Waals surface area contributed by atoms with E-state index in [4.69, 9.17) is 4.74 Å².